The normalized spacial score (nSPS) is 11.3. The van der Waals surface area contributed by atoms with Gasteiger partial charge in [0.05, 0.1) is 11.9 Å². The van der Waals surface area contributed by atoms with Crippen molar-refractivity contribution >= 4 is 49.1 Å². The minimum absolute atomic E-state index is 0.249. The van der Waals surface area contributed by atoms with Crippen LogP contribution in [-0.4, -0.2) is 33.7 Å². The second-order valence-corrected chi connectivity index (χ2v) is 9.48. The Bertz CT molecular complexity index is 902. The first-order valence-electron chi connectivity index (χ1n) is 8.42. The molecule has 0 spiro atoms. The van der Waals surface area contributed by atoms with E-state index in [-0.39, 0.29) is 12.5 Å². The average Bonchev–Trinajstić information content (AvgIpc) is 2.60. The van der Waals surface area contributed by atoms with Crippen LogP contribution >= 0.6 is 27.5 Å². The van der Waals surface area contributed by atoms with Crippen LogP contribution < -0.4 is 9.62 Å². The lowest BCUT2D eigenvalue weighted by atomic mass is 10.1. The molecule has 0 aromatic heterocycles. The van der Waals surface area contributed by atoms with Gasteiger partial charge in [-0.1, -0.05) is 39.7 Å². The van der Waals surface area contributed by atoms with E-state index in [2.05, 4.69) is 21.2 Å². The van der Waals surface area contributed by atoms with E-state index in [0.29, 0.717) is 17.3 Å². The molecular formula is C19H22BrClN2O3S. The van der Waals surface area contributed by atoms with E-state index in [4.69, 9.17) is 11.6 Å². The van der Waals surface area contributed by atoms with Crippen LogP contribution in [0.3, 0.4) is 0 Å². The van der Waals surface area contributed by atoms with Gasteiger partial charge in [-0.2, -0.15) is 0 Å². The van der Waals surface area contributed by atoms with E-state index in [9.17, 15) is 13.2 Å². The van der Waals surface area contributed by atoms with Crippen LogP contribution in [0.2, 0.25) is 5.02 Å². The van der Waals surface area contributed by atoms with Gasteiger partial charge in [-0.25, -0.2) is 8.42 Å². The fourth-order valence-corrected chi connectivity index (χ4v) is 3.76. The van der Waals surface area contributed by atoms with Gasteiger partial charge in [0.1, 0.15) is 6.54 Å². The molecule has 2 aromatic carbocycles. The first kappa shape index (κ1) is 21.7. The van der Waals surface area contributed by atoms with Gasteiger partial charge < -0.3 is 5.32 Å². The Labute approximate surface area is 173 Å². The van der Waals surface area contributed by atoms with Gasteiger partial charge in [-0.3, -0.25) is 9.10 Å². The molecule has 146 valence electrons. The fourth-order valence-electron chi connectivity index (χ4n) is 2.54. The third-order valence-corrected chi connectivity index (χ3v) is 6.28. The number of carbonyl (C=O) groups excluding carboxylic acids is 1. The Morgan fingerprint density at radius 2 is 1.85 bits per heavy atom. The van der Waals surface area contributed by atoms with Crippen molar-refractivity contribution in [1.82, 2.24) is 5.32 Å². The van der Waals surface area contributed by atoms with E-state index in [1.807, 2.05) is 31.2 Å². The largest absolute Gasteiger partial charge is 0.355 e. The second-order valence-electron chi connectivity index (χ2n) is 6.28. The molecule has 5 nitrogen and oxygen atoms in total. The highest BCUT2D eigenvalue weighted by Crippen LogP contribution is 2.24. The zero-order valence-corrected chi connectivity index (χ0v) is 18.4. The lowest BCUT2D eigenvalue weighted by Gasteiger charge is -2.22. The van der Waals surface area contributed by atoms with Gasteiger partial charge in [0.25, 0.3) is 0 Å². The smallest absolute Gasteiger partial charge is 0.240 e. The van der Waals surface area contributed by atoms with Crippen LogP contribution in [0.1, 0.15) is 17.5 Å². The molecule has 0 bridgehead atoms. The maximum absolute atomic E-state index is 12.2. The molecule has 1 N–H and O–H groups in total. The number of hydrogen-bond acceptors (Lipinski definition) is 3. The molecule has 0 saturated carbocycles. The number of halogens is 2. The van der Waals surface area contributed by atoms with E-state index < -0.39 is 10.0 Å². The molecule has 0 saturated heterocycles. The summed E-state index contributed by atoms with van der Waals surface area (Å²) in [7, 11) is -3.58. The number of aryl methyl sites for hydroxylation is 2. The highest BCUT2D eigenvalue weighted by Gasteiger charge is 2.21. The van der Waals surface area contributed by atoms with Crippen LogP contribution in [-0.2, 0) is 21.2 Å². The van der Waals surface area contributed by atoms with Gasteiger partial charge in [0, 0.05) is 16.0 Å². The molecule has 0 fully saturated rings. The molecule has 0 atom stereocenters. The maximum atomic E-state index is 12.2. The van der Waals surface area contributed by atoms with Crippen LogP contribution in [0, 0.1) is 6.92 Å². The molecule has 0 unspecified atom stereocenters. The van der Waals surface area contributed by atoms with Gasteiger partial charge in [0.15, 0.2) is 0 Å². The van der Waals surface area contributed by atoms with Gasteiger partial charge >= 0.3 is 0 Å². The third-order valence-electron chi connectivity index (χ3n) is 3.99. The van der Waals surface area contributed by atoms with Gasteiger partial charge in [0.2, 0.25) is 15.9 Å². The molecule has 0 heterocycles. The molecule has 2 aromatic rings. The molecule has 1 amide bonds. The number of carbonyl (C=O) groups is 1. The average molecular weight is 474 g/mol. The maximum Gasteiger partial charge on any atom is 0.240 e. The van der Waals surface area contributed by atoms with Crippen molar-refractivity contribution in [3.05, 3.63) is 63.1 Å². The zero-order chi connectivity index (χ0) is 20.0. The van der Waals surface area contributed by atoms with Crippen molar-refractivity contribution in [3.8, 4) is 0 Å². The zero-order valence-electron chi connectivity index (χ0n) is 15.2. The SMILES string of the molecule is Cc1cc(N(CC(=O)NCCCc2ccc(Cl)cc2)S(C)(=O)=O)ccc1Br. The van der Waals surface area contributed by atoms with Crippen molar-refractivity contribution < 1.29 is 13.2 Å². The van der Waals surface area contributed by atoms with E-state index in [0.717, 1.165) is 39.0 Å². The number of nitrogens with one attached hydrogen (secondary N) is 1. The van der Waals surface area contributed by atoms with Crippen LogP contribution in [0.5, 0.6) is 0 Å². The molecule has 27 heavy (non-hydrogen) atoms. The first-order chi connectivity index (χ1) is 12.7. The topological polar surface area (TPSA) is 66.5 Å². The van der Waals surface area contributed by atoms with Gasteiger partial charge in [-0.05, 0) is 61.2 Å². The van der Waals surface area contributed by atoms with E-state index >= 15 is 0 Å². The van der Waals surface area contributed by atoms with E-state index in [1.54, 1.807) is 18.2 Å². The lowest BCUT2D eigenvalue weighted by Crippen LogP contribution is -2.40. The second kappa shape index (κ2) is 9.57. The lowest BCUT2D eigenvalue weighted by molar-refractivity contribution is -0.119. The number of anilines is 1. The molecule has 0 aliphatic carbocycles. The minimum atomic E-state index is -3.58. The summed E-state index contributed by atoms with van der Waals surface area (Å²) in [6.45, 7) is 2.09. The van der Waals surface area contributed by atoms with Crippen LogP contribution in [0.25, 0.3) is 0 Å². The Balaban J connectivity index is 1.92. The highest BCUT2D eigenvalue weighted by molar-refractivity contribution is 9.10. The number of sulfonamides is 1. The predicted molar refractivity (Wildman–Crippen MR) is 114 cm³/mol. The molecule has 0 aliphatic heterocycles. The number of rotatable bonds is 8. The van der Waals surface area contributed by atoms with Gasteiger partial charge in [-0.15, -0.1) is 0 Å². The Hall–Kier alpha value is -1.57. The monoisotopic (exact) mass is 472 g/mol. The molecule has 8 heteroatoms. The number of amides is 1. The minimum Gasteiger partial charge on any atom is -0.355 e. The summed E-state index contributed by atoms with van der Waals surface area (Å²) < 4.78 is 26.3. The number of benzene rings is 2. The summed E-state index contributed by atoms with van der Waals surface area (Å²) in [5.41, 5.74) is 2.50. The van der Waals surface area contributed by atoms with Crippen molar-refractivity contribution in [2.45, 2.75) is 19.8 Å². The Morgan fingerprint density at radius 3 is 2.44 bits per heavy atom. The van der Waals surface area contributed by atoms with Crippen LogP contribution in [0.4, 0.5) is 5.69 Å². The summed E-state index contributed by atoms with van der Waals surface area (Å²) in [4.78, 5) is 12.2. The summed E-state index contributed by atoms with van der Waals surface area (Å²) in [5, 5.41) is 3.47. The molecular weight excluding hydrogens is 452 g/mol. The van der Waals surface area contributed by atoms with Crippen LogP contribution in [0.15, 0.2) is 46.9 Å². The summed E-state index contributed by atoms with van der Waals surface area (Å²) >= 11 is 9.25. The molecule has 0 radical (unpaired) electrons. The Kier molecular flexibility index (Phi) is 7.70. The fraction of sp³-hybridized carbons (Fsp3) is 0.316. The third kappa shape index (κ3) is 6.83. The van der Waals surface area contributed by atoms with Crippen molar-refractivity contribution in [1.29, 1.82) is 0 Å². The van der Waals surface area contributed by atoms with Crippen molar-refractivity contribution in [3.63, 3.8) is 0 Å². The van der Waals surface area contributed by atoms with E-state index in [1.165, 1.54) is 0 Å². The Morgan fingerprint density at radius 1 is 1.19 bits per heavy atom. The summed E-state index contributed by atoms with van der Waals surface area (Å²) in [6.07, 6.45) is 2.65. The standard InChI is InChI=1S/C19H22BrClN2O3S/c1-14-12-17(9-10-18(14)20)23(27(2,25)26)13-19(24)22-11-3-4-15-5-7-16(21)8-6-15/h5-10,12H,3-4,11,13H2,1-2H3,(H,22,24). The summed E-state index contributed by atoms with van der Waals surface area (Å²) in [5.74, 6) is -0.336. The highest BCUT2D eigenvalue weighted by atomic mass is 79.9. The number of hydrogen-bond donors (Lipinski definition) is 1. The first-order valence-corrected chi connectivity index (χ1v) is 11.4. The molecule has 2 rings (SSSR count). The summed E-state index contributed by atoms with van der Waals surface area (Å²) in [6, 6.07) is 12.7. The predicted octanol–water partition coefficient (Wildman–Crippen LogP) is 3.93. The quantitative estimate of drug-likeness (QED) is 0.591. The number of nitrogens with zero attached hydrogens (tertiary/aromatic N) is 1. The van der Waals surface area contributed by atoms with Crippen molar-refractivity contribution in [2.24, 2.45) is 0 Å². The molecule has 0 aliphatic rings. The van der Waals surface area contributed by atoms with Crippen molar-refractivity contribution in [2.75, 3.05) is 23.7 Å².